The fourth-order valence-corrected chi connectivity index (χ4v) is 2.99. The van der Waals surface area contributed by atoms with Crippen molar-refractivity contribution in [3.05, 3.63) is 11.6 Å². The summed E-state index contributed by atoms with van der Waals surface area (Å²) in [7, 11) is 0. The average molecular weight is 265 g/mol. The van der Waals surface area contributed by atoms with Crippen molar-refractivity contribution in [1.29, 1.82) is 0 Å². The molecule has 1 aliphatic heterocycles. The Morgan fingerprint density at radius 3 is 3.05 bits per heavy atom. The van der Waals surface area contributed by atoms with E-state index in [2.05, 4.69) is 16.3 Å². The normalized spacial score (nSPS) is 24.9. The first-order chi connectivity index (χ1) is 9.24. The smallest absolute Gasteiger partial charge is 0.234 e. The molecule has 0 unspecified atom stereocenters. The van der Waals surface area contributed by atoms with Crippen molar-refractivity contribution in [3.63, 3.8) is 0 Å². The zero-order valence-corrected chi connectivity index (χ0v) is 11.9. The summed E-state index contributed by atoms with van der Waals surface area (Å²) in [5.41, 5.74) is 7.44. The first-order valence-corrected chi connectivity index (χ1v) is 7.66. The minimum atomic E-state index is 0.144. The molecule has 0 aromatic carbocycles. The summed E-state index contributed by atoms with van der Waals surface area (Å²) in [6, 6.07) is 0.244. The number of rotatable bonds is 5. The minimum Gasteiger partial charge on any atom is -0.355 e. The van der Waals surface area contributed by atoms with Crippen molar-refractivity contribution in [1.82, 2.24) is 10.2 Å². The molecule has 1 aliphatic carbocycles. The number of carbonyl (C=O) groups excluding carboxylic acids is 1. The minimum absolute atomic E-state index is 0.144. The molecule has 4 nitrogen and oxygen atoms in total. The van der Waals surface area contributed by atoms with E-state index in [1.165, 1.54) is 31.3 Å². The molecule has 0 aromatic rings. The molecule has 4 heteroatoms. The number of allylic oxidation sites excluding steroid dienone is 1. The molecule has 2 rings (SSSR count). The Labute approximate surface area is 116 Å². The summed E-state index contributed by atoms with van der Waals surface area (Å²) in [4.78, 5) is 14.0. The van der Waals surface area contributed by atoms with Crippen molar-refractivity contribution in [2.75, 3.05) is 26.2 Å². The Balaban J connectivity index is 1.60. The molecule has 1 amide bonds. The molecule has 0 radical (unpaired) electrons. The third-order valence-corrected chi connectivity index (χ3v) is 4.06. The Bertz CT molecular complexity index is 327. The van der Waals surface area contributed by atoms with Crippen molar-refractivity contribution < 1.29 is 4.79 Å². The summed E-state index contributed by atoms with van der Waals surface area (Å²) in [6.45, 7) is 3.15. The fourth-order valence-electron chi connectivity index (χ4n) is 2.99. The molecule has 1 saturated heterocycles. The Hall–Kier alpha value is -0.870. The van der Waals surface area contributed by atoms with E-state index in [0.717, 1.165) is 38.9 Å². The average Bonchev–Trinajstić information content (AvgIpc) is 2.40. The van der Waals surface area contributed by atoms with Crippen LogP contribution in [0.3, 0.4) is 0 Å². The van der Waals surface area contributed by atoms with Crippen molar-refractivity contribution >= 4 is 5.91 Å². The van der Waals surface area contributed by atoms with Gasteiger partial charge in [0.15, 0.2) is 0 Å². The Morgan fingerprint density at radius 1 is 1.42 bits per heavy atom. The Morgan fingerprint density at radius 2 is 2.32 bits per heavy atom. The lowest BCUT2D eigenvalue weighted by Gasteiger charge is -2.29. The molecule has 0 aromatic heterocycles. The van der Waals surface area contributed by atoms with Crippen molar-refractivity contribution in [2.45, 2.75) is 51.0 Å². The number of likely N-dealkylation sites (tertiary alicyclic amines) is 1. The van der Waals surface area contributed by atoms with Gasteiger partial charge in [0.1, 0.15) is 0 Å². The van der Waals surface area contributed by atoms with Crippen LogP contribution < -0.4 is 11.1 Å². The molecular formula is C15H27N3O. The molecule has 1 fully saturated rings. The first kappa shape index (κ1) is 14.5. The first-order valence-electron chi connectivity index (χ1n) is 7.66. The second kappa shape index (κ2) is 7.65. The van der Waals surface area contributed by atoms with Gasteiger partial charge in [-0.1, -0.05) is 11.6 Å². The zero-order valence-electron chi connectivity index (χ0n) is 11.9. The second-order valence-corrected chi connectivity index (χ2v) is 5.85. The van der Waals surface area contributed by atoms with E-state index < -0.39 is 0 Å². The van der Waals surface area contributed by atoms with Gasteiger partial charge in [0, 0.05) is 19.1 Å². The number of piperidine rings is 1. The number of carbonyl (C=O) groups is 1. The summed E-state index contributed by atoms with van der Waals surface area (Å²) < 4.78 is 0. The fraction of sp³-hybridized carbons (Fsp3) is 0.800. The summed E-state index contributed by atoms with van der Waals surface area (Å²) in [6.07, 6.45) is 10.6. The number of hydrogen-bond donors (Lipinski definition) is 2. The van der Waals surface area contributed by atoms with Gasteiger partial charge in [0.05, 0.1) is 6.54 Å². The van der Waals surface area contributed by atoms with Crippen LogP contribution in [0, 0.1) is 0 Å². The maximum absolute atomic E-state index is 11.8. The SMILES string of the molecule is N[C@@H]1CCCN(CC(=O)NCCC2=CCCCC2)C1. The highest BCUT2D eigenvalue weighted by atomic mass is 16.2. The lowest BCUT2D eigenvalue weighted by Crippen LogP contribution is -2.47. The lowest BCUT2D eigenvalue weighted by atomic mass is 9.97. The number of nitrogens with zero attached hydrogens (tertiary/aromatic N) is 1. The van der Waals surface area contributed by atoms with Gasteiger partial charge in [-0.25, -0.2) is 0 Å². The van der Waals surface area contributed by atoms with Gasteiger partial charge in [0.2, 0.25) is 5.91 Å². The van der Waals surface area contributed by atoms with E-state index in [0.29, 0.717) is 6.54 Å². The second-order valence-electron chi connectivity index (χ2n) is 5.85. The molecule has 3 N–H and O–H groups in total. The zero-order chi connectivity index (χ0) is 13.5. The van der Waals surface area contributed by atoms with Crippen LogP contribution in [0.25, 0.3) is 0 Å². The maximum Gasteiger partial charge on any atom is 0.234 e. The van der Waals surface area contributed by atoms with Crippen LogP contribution in [0.2, 0.25) is 0 Å². The van der Waals surface area contributed by atoms with Crippen LogP contribution in [0.5, 0.6) is 0 Å². The summed E-state index contributed by atoms with van der Waals surface area (Å²) in [5.74, 6) is 0.144. The van der Waals surface area contributed by atoms with E-state index in [-0.39, 0.29) is 11.9 Å². The summed E-state index contributed by atoms with van der Waals surface area (Å²) in [5, 5.41) is 3.03. The number of amides is 1. The molecule has 1 heterocycles. The van der Waals surface area contributed by atoms with Crippen molar-refractivity contribution in [2.24, 2.45) is 5.73 Å². The molecule has 0 bridgehead atoms. The largest absolute Gasteiger partial charge is 0.355 e. The topological polar surface area (TPSA) is 58.4 Å². The molecule has 0 saturated carbocycles. The molecule has 0 spiro atoms. The van der Waals surface area contributed by atoms with Gasteiger partial charge in [-0.05, 0) is 51.5 Å². The van der Waals surface area contributed by atoms with E-state index in [9.17, 15) is 4.79 Å². The van der Waals surface area contributed by atoms with Crippen LogP contribution in [-0.2, 0) is 4.79 Å². The number of hydrogen-bond acceptors (Lipinski definition) is 3. The highest BCUT2D eigenvalue weighted by molar-refractivity contribution is 5.78. The molecule has 108 valence electrons. The quantitative estimate of drug-likeness (QED) is 0.739. The molecule has 1 atom stereocenters. The van der Waals surface area contributed by atoms with E-state index in [1.54, 1.807) is 0 Å². The van der Waals surface area contributed by atoms with Gasteiger partial charge in [0.25, 0.3) is 0 Å². The lowest BCUT2D eigenvalue weighted by molar-refractivity contribution is -0.122. The highest BCUT2D eigenvalue weighted by Crippen LogP contribution is 2.19. The van der Waals surface area contributed by atoms with Gasteiger partial charge in [-0.15, -0.1) is 0 Å². The van der Waals surface area contributed by atoms with Crippen LogP contribution in [0.15, 0.2) is 11.6 Å². The predicted molar refractivity (Wildman–Crippen MR) is 77.8 cm³/mol. The standard InChI is InChI=1S/C15H27N3O/c16-14-7-4-10-18(11-14)12-15(19)17-9-8-13-5-2-1-3-6-13/h5,14H,1-4,6-12,16H2,(H,17,19)/t14-/m1/s1. The maximum atomic E-state index is 11.8. The van der Waals surface area contributed by atoms with Crippen LogP contribution in [0.1, 0.15) is 44.9 Å². The van der Waals surface area contributed by atoms with Gasteiger partial charge in [-0.2, -0.15) is 0 Å². The third kappa shape index (κ3) is 5.33. The van der Waals surface area contributed by atoms with Crippen LogP contribution in [0.4, 0.5) is 0 Å². The monoisotopic (exact) mass is 265 g/mol. The summed E-state index contributed by atoms with van der Waals surface area (Å²) >= 11 is 0. The molecule has 19 heavy (non-hydrogen) atoms. The number of nitrogens with two attached hydrogens (primary N) is 1. The Kier molecular flexibility index (Phi) is 5.86. The van der Waals surface area contributed by atoms with Gasteiger partial charge >= 0.3 is 0 Å². The number of nitrogens with one attached hydrogen (secondary N) is 1. The predicted octanol–water partition coefficient (Wildman–Crippen LogP) is 1.42. The third-order valence-electron chi connectivity index (χ3n) is 4.06. The van der Waals surface area contributed by atoms with E-state index in [4.69, 9.17) is 5.73 Å². The van der Waals surface area contributed by atoms with Gasteiger partial charge in [-0.3, -0.25) is 9.69 Å². The van der Waals surface area contributed by atoms with E-state index >= 15 is 0 Å². The van der Waals surface area contributed by atoms with Crippen molar-refractivity contribution in [3.8, 4) is 0 Å². The van der Waals surface area contributed by atoms with Crippen LogP contribution >= 0.6 is 0 Å². The van der Waals surface area contributed by atoms with Gasteiger partial charge < -0.3 is 11.1 Å². The van der Waals surface area contributed by atoms with Crippen LogP contribution in [-0.4, -0.2) is 43.0 Å². The van der Waals surface area contributed by atoms with E-state index in [1.807, 2.05) is 0 Å². The molecular weight excluding hydrogens is 238 g/mol. The molecule has 2 aliphatic rings. The highest BCUT2D eigenvalue weighted by Gasteiger charge is 2.18.